The van der Waals surface area contributed by atoms with Gasteiger partial charge in [0.2, 0.25) is 0 Å². The second kappa shape index (κ2) is 3.97. The minimum absolute atomic E-state index is 0.0400. The average molecular weight is 252 g/mol. The summed E-state index contributed by atoms with van der Waals surface area (Å²) in [5, 5.41) is 0. The maximum Gasteiger partial charge on any atom is 0.265 e. The summed E-state index contributed by atoms with van der Waals surface area (Å²) >= 11 is 2.94. The Bertz CT molecular complexity index is 317. The highest BCUT2D eigenvalue weighted by molar-refractivity contribution is 9.10. The Kier molecular flexibility index (Phi) is 3.16. The van der Waals surface area contributed by atoms with Crippen LogP contribution in [0.3, 0.4) is 0 Å². The highest BCUT2D eigenvalue weighted by Gasteiger charge is 2.15. The minimum Gasteiger partial charge on any atom is -0.383 e. The molecule has 0 atom stereocenters. The molecule has 13 heavy (non-hydrogen) atoms. The van der Waals surface area contributed by atoms with Crippen molar-refractivity contribution in [3.63, 3.8) is 0 Å². The number of rotatable bonds is 2. The van der Waals surface area contributed by atoms with E-state index in [4.69, 9.17) is 11.5 Å². The van der Waals surface area contributed by atoms with E-state index < -0.39 is 6.43 Å². The standard InChI is InChI=1S/C7H8BrF2N3/c8-5-4(6(9)10)1-3(2-11)13-7(5)12/h1,6H,2,11H2,(H2,12,13). The number of nitrogens with two attached hydrogens (primary N) is 2. The third-order valence-electron chi connectivity index (χ3n) is 1.51. The molecule has 0 radical (unpaired) electrons. The van der Waals surface area contributed by atoms with Gasteiger partial charge in [-0.1, -0.05) is 0 Å². The summed E-state index contributed by atoms with van der Waals surface area (Å²) in [6, 6.07) is 1.24. The van der Waals surface area contributed by atoms with Gasteiger partial charge in [0.05, 0.1) is 10.2 Å². The van der Waals surface area contributed by atoms with Gasteiger partial charge in [-0.15, -0.1) is 0 Å². The molecule has 0 saturated carbocycles. The summed E-state index contributed by atoms with van der Waals surface area (Å²) in [7, 11) is 0. The Hall–Kier alpha value is -0.750. The zero-order valence-electron chi connectivity index (χ0n) is 6.60. The van der Waals surface area contributed by atoms with E-state index in [0.717, 1.165) is 0 Å². The van der Waals surface area contributed by atoms with Crippen LogP contribution < -0.4 is 11.5 Å². The minimum atomic E-state index is -2.58. The van der Waals surface area contributed by atoms with Crippen molar-refractivity contribution in [3.8, 4) is 0 Å². The molecule has 0 saturated heterocycles. The number of halogens is 3. The third-order valence-corrected chi connectivity index (χ3v) is 2.37. The van der Waals surface area contributed by atoms with Gasteiger partial charge in [0.15, 0.2) is 0 Å². The lowest BCUT2D eigenvalue weighted by Crippen LogP contribution is -2.05. The second-order valence-electron chi connectivity index (χ2n) is 2.41. The molecule has 0 aromatic carbocycles. The van der Waals surface area contributed by atoms with Crippen LogP contribution in [0.25, 0.3) is 0 Å². The van der Waals surface area contributed by atoms with E-state index in [1.54, 1.807) is 0 Å². The Morgan fingerprint density at radius 2 is 2.15 bits per heavy atom. The maximum atomic E-state index is 12.4. The van der Waals surface area contributed by atoms with Gasteiger partial charge in [0, 0.05) is 12.1 Å². The first-order valence-electron chi connectivity index (χ1n) is 3.49. The molecule has 0 aliphatic carbocycles. The Balaban J connectivity index is 3.25. The lowest BCUT2D eigenvalue weighted by atomic mass is 10.2. The van der Waals surface area contributed by atoms with Gasteiger partial charge in [-0.25, -0.2) is 13.8 Å². The first-order chi connectivity index (χ1) is 6.06. The smallest absolute Gasteiger partial charge is 0.265 e. The summed E-state index contributed by atoms with van der Waals surface area (Å²) in [5.41, 5.74) is 10.8. The molecule has 1 aromatic heterocycles. The molecule has 0 spiro atoms. The maximum absolute atomic E-state index is 12.4. The molecule has 4 N–H and O–H groups in total. The van der Waals surface area contributed by atoms with E-state index >= 15 is 0 Å². The molecular weight excluding hydrogens is 244 g/mol. The van der Waals surface area contributed by atoms with Gasteiger partial charge < -0.3 is 11.5 Å². The second-order valence-corrected chi connectivity index (χ2v) is 3.20. The van der Waals surface area contributed by atoms with E-state index in [2.05, 4.69) is 20.9 Å². The molecule has 3 nitrogen and oxygen atoms in total. The van der Waals surface area contributed by atoms with Crippen molar-refractivity contribution in [3.05, 3.63) is 21.8 Å². The summed E-state index contributed by atoms with van der Waals surface area (Å²) in [6.07, 6.45) is -2.58. The van der Waals surface area contributed by atoms with Crippen LogP contribution in [-0.2, 0) is 6.54 Å². The van der Waals surface area contributed by atoms with Crippen molar-refractivity contribution in [2.45, 2.75) is 13.0 Å². The largest absolute Gasteiger partial charge is 0.383 e. The van der Waals surface area contributed by atoms with Crippen molar-refractivity contribution in [2.24, 2.45) is 5.73 Å². The highest BCUT2D eigenvalue weighted by atomic mass is 79.9. The molecule has 1 aromatic rings. The van der Waals surface area contributed by atoms with Gasteiger partial charge in [-0.3, -0.25) is 0 Å². The summed E-state index contributed by atoms with van der Waals surface area (Å²) in [5.74, 6) is 0.0400. The number of alkyl halides is 2. The fraction of sp³-hybridized carbons (Fsp3) is 0.286. The predicted molar refractivity (Wildman–Crippen MR) is 49.2 cm³/mol. The van der Waals surface area contributed by atoms with Gasteiger partial charge in [0.1, 0.15) is 5.82 Å². The molecule has 0 aliphatic heterocycles. The molecule has 72 valence electrons. The van der Waals surface area contributed by atoms with Crippen LogP contribution in [-0.4, -0.2) is 4.98 Å². The van der Waals surface area contributed by atoms with Crippen molar-refractivity contribution >= 4 is 21.7 Å². The fourth-order valence-corrected chi connectivity index (χ4v) is 1.27. The molecule has 1 rings (SSSR count). The van der Waals surface area contributed by atoms with Crippen LogP contribution in [0, 0.1) is 0 Å². The van der Waals surface area contributed by atoms with Crippen LogP contribution in [0.2, 0.25) is 0 Å². The number of nitrogen functional groups attached to an aromatic ring is 1. The van der Waals surface area contributed by atoms with Gasteiger partial charge in [0.25, 0.3) is 6.43 Å². The average Bonchev–Trinajstić information content (AvgIpc) is 2.09. The summed E-state index contributed by atoms with van der Waals surface area (Å²) in [6.45, 7) is 0.0944. The lowest BCUT2D eigenvalue weighted by Gasteiger charge is -2.07. The van der Waals surface area contributed by atoms with Crippen molar-refractivity contribution < 1.29 is 8.78 Å². The number of nitrogens with zero attached hydrogens (tertiary/aromatic N) is 1. The Labute approximate surface area is 82.3 Å². The number of hydrogen-bond acceptors (Lipinski definition) is 3. The van der Waals surface area contributed by atoms with E-state index in [1.807, 2.05) is 0 Å². The summed E-state index contributed by atoms with van der Waals surface area (Å²) in [4.78, 5) is 3.81. The quantitative estimate of drug-likeness (QED) is 0.843. The molecule has 0 fully saturated rings. The third kappa shape index (κ3) is 2.13. The number of pyridine rings is 1. The lowest BCUT2D eigenvalue weighted by molar-refractivity contribution is 0.150. The van der Waals surface area contributed by atoms with Crippen molar-refractivity contribution in [2.75, 3.05) is 5.73 Å². The number of anilines is 1. The Morgan fingerprint density at radius 1 is 1.54 bits per heavy atom. The first-order valence-corrected chi connectivity index (χ1v) is 4.28. The zero-order chi connectivity index (χ0) is 10.0. The van der Waals surface area contributed by atoms with E-state index in [1.165, 1.54) is 6.07 Å². The molecule has 0 bridgehead atoms. The summed E-state index contributed by atoms with van der Waals surface area (Å²) < 4.78 is 24.9. The van der Waals surface area contributed by atoms with Crippen LogP contribution in [0.4, 0.5) is 14.6 Å². The van der Waals surface area contributed by atoms with E-state index in [-0.39, 0.29) is 22.4 Å². The van der Waals surface area contributed by atoms with Gasteiger partial charge in [-0.2, -0.15) is 0 Å². The van der Waals surface area contributed by atoms with Crippen LogP contribution >= 0.6 is 15.9 Å². The van der Waals surface area contributed by atoms with Crippen molar-refractivity contribution in [1.29, 1.82) is 0 Å². The van der Waals surface area contributed by atoms with E-state index in [9.17, 15) is 8.78 Å². The van der Waals surface area contributed by atoms with Crippen LogP contribution in [0.5, 0.6) is 0 Å². The van der Waals surface area contributed by atoms with Crippen molar-refractivity contribution in [1.82, 2.24) is 4.98 Å². The van der Waals surface area contributed by atoms with Gasteiger partial charge in [-0.05, 0) is 22.0 Å². The highest BCUT2D eigenvalue weighted by Crippen LogP contribution is 2.31. The molecule has 0 amide bonds. The first kappa shape index (κ1) is 10.3. The zero-order valence-corrected chi connectivity index (χ0v) is 8.18. The van der Waals surface area contributed by atoms with Crippen LogP contribution in [0.1, 0.15) is 17.7 Å². The fourth-order valence-electron chi connectivity index (χ4n) is 0.890. The predicted octanol–water partition coefficient (Wildman–Crippen LogP) is 1.82. The number of hydrogen-bond donors (Lipinski definition) is 2. The normalized spacial score (nSPS) is 10.8. The van der Waals surface area contributed by atoms with E-state index in [0.29, 0.717) is 5.69 Å². The topological polar surface area (TPSA) is 64.9 Å². The number of aromatic nitrogens is 1. The molecule has 0 unspecified atom stereocenters. The Morgan fingerprint density at radius 3 is 2.62 bits per heavy atom. The van der Waals surface area contributed by atoms with Crippen LogP contribution in [0.15, 0.2) is 10.5 Å². The SMILES string of the molecule is NCc1cc(C(F)F)c(Br)c(N)n1. The molecule has 0 aliphatic rings. The molecule has 1 heterocycles. The molecule has 6 heteroatoms. The monoisotopic (exact) mass is 251 g/mol. The van der Waals surface area contributed by atoms with Gasteiger partial charge >= 0.3 is 0 Å². The molecular formula is C7H8BrF2N3.